The molecule has 0 saturated heterocycles. The van der Waals surface area contributed by atoms with Crippen LogP contribution in [0.4, 0.5) is 5.13 Å². The Morgan fingerprint density at radius 2 is 2.26 bits per heavy atom. The van der Waals surface area contributed by atoms with E-state index in [4.69, 9.17) is 11.6 Å². The van der Waals surface area contributed by atoms with E-state index in [1.54, 1.807) is 13.2 Å². The molecule has 0 aliphatic heterocycles. The van der Waals surface area contributed by atoms with Gasteiger partial charge in [0.1, 0.15) is 10.7 Å². The van der Waals surface area contributed by atoms with Gasteiger partial charge >= 0.3 is 0 Å². The molecule has 8 heteroatoms. The standard InChI is InChI=1S/C15H16ClN5OS/c1-17-15-19-8-12(23-15)14(22)18-6-5-13-20-10-7-9(16)3-4-11(10)21(13)2/h3-4,7-8H,5-6H2,1-2H3,(H,17,19)(H,18,22). The van der Waals surface area contributed by atoms with Crippen LogP contribution in [-0.4, -0.2) is 34.0 Å². The number of aryl methyl sites for hydroxylation is 1. The van der Waals surface area contributed by atoms with Crippen molar-refractivity contribution in [3.8, 4) is 0 Å². The summed E-state index contributed by atoms with van der Waals surface area (Å²) in [6, 6.07) is 5.64. The number of halogens is 1. The molecular formula is C15H16ClN5OS. The van der Waals surface area contributed by atoms with Crippen molar-refractivity contribution in [1.82, 2.24) is 19.9 Å². The van der Waals surface area contributed by atoms with E-state index in [9.17, 15) is 4.79 Å². The maximum Gasteiger partial charge on any atom is 0.263 e. The Hall–Kier alpha value is -2.12. The van der Waals surface area contributed by atoms with Gasteiger partial charge in [0, 0.05) is 32.1 Å². The van der Waals surface area contributed by atoms with Crippen molar-refractivity contribution in [3.05, 3.63) is 40.1 Å². The molecule has 0 aliphatic rings. The molecule has 1 amide bonds. The number of thiazole rings is 1. The van der Waals surface area contributed by atoms with E-state index in [0.717, 1.165) is 22.0 Å². The van der Waals surface area contributed by atoms with Crippen molar-refractivity contribution in [2.24, 2.45) is 7.05 Å². The van der Waals surface area contributed by atoms with Crippen LogP contribution in [0.5, 0.6) is 0 Å². The van der Waals surface area contributed by atoms with Gasteiger partial charge in [-0.1, -0.05) is 22.9 Å². The van der Waals surface area contributed by atoms with Crippen molar-refractivity contribution in [2.75, 3.05) is 18.9 Å². The summed E-state index contributed by atoms with van der Waals surface area (Å²) in [5.41, 5.74) is 1.89. The van der Waals surface area contributed by atoms with Gasteiger partial charge in [-0.2, -0.15) is 0 Å². The van der Waals surface area contributed by atoms with Crippen LogP contribution in [0.25, 0.3) is 11.0 Å². The minimum absolute atomic E-state index is 0.120. The fourth-order valence-electron chi connectivity index (χ4n) is 2.32. The second-order valence-corrected chi connectivity index (χ2v) is 6.47. The molecule has 0 saturated carbocycles. The molecule has 23 heavy (non-hydrogen) atoms. The van der Waals surface area contributed by atoms with Crippen LogP contribution in [0.15, 0.2) is 24.4 Å². The van der Waals surface area contributed by atoms with Crippen LogP contribution in [0.1, 0.15) is 15.5 Å². The predicted molar refractivity (Wildman–Crippen MR) is 93.4 cm³/mol. The highest BCUT2D eigenvalue weighted by Crippen LogP contribution is 2.20. The number of hydrogen-bond donors (Lipinski definition) is 2. The van der Waals surface area contributed by atoms with Crippen LogP contribution in [0, 0.1) is 0 Å². The Kier molecular flexibility index (Phi) is 4.49. The molecule has 0 spiro atoms. The van der Waals surface area contributed by atoms with Crippen molar-refractivity contribution in [2.45, 2.75) is 6.42 Å². The molecule has 0 aliphatic carbocycles. The number of nitrogens with one attached hydrogen (secondary N) is 2. The molecule has 2 aromatic heterocycles. The Balaban J connectivity index is 1.64. The Morgan fingerprint density at radius 3 is 3.00 bits per heavy atom. The average molecular weight is 350 g/mol. The maximum atomic E-state index is 12.1. The van der Waals surface area contributed by atoms with Crippen LogP contribution in [0.3, 0.4) is 0 Å². The lowest BCUT2D eigenvalue weighted by Crippen LogP contribution is -2.25. The van der Waals surface area contributed by atoms with Gasteiger partial charge in [0.25, 0.3) is 5.91 Å². The number of fused-ring (bicyclic) bond motifs is 1. The van der Waals surface area contributed by atoms with Gasteiger partial charge in [-0.05, 0) is 18.2 Å². The third-order valence-electron chi connectivity index (χ3n) is 3.51. The van der Waals surface area contributed by atoms with Gasteiger partial charge in [0.05, 0.1) is 17.2 Å². The second kappa shape index (κ2) is 6.55. The average Bonchev–Trinajstić information content (AvgIpc) is 3.13. The number of benzene rings is 1. The summed E-state index contributed by atoms with van der Waals surface area (Å²) in [4.78, 5) is 21.3. The summed E-state index contributed by atoms with van der Waals surface area (Å²) < 4.78 is 2.02. The number of imidazole rings is 1. The minimum Gasteiger partial charge on any atom is -0.365 e. The molecule has 0 unspecified atom stereocenters. The number of amides is 1. The van der Waals surface area contributed by atoms with Crippen molar-refractivity contribution in [3.63, 3.8) is 0 Å². The van der Waals surface area contributed by atoms with Crippen LogP contribution in [0.2, 0.25) is 5.02 Å². The number of carbonyl (C=O) groups excluding carboxylic acids is 1. The number of carbonyl (C=O) groups is 1. The molecule has 2 heterocycles. The molecule has 3 rings (SSSR count). The third-order valence-corrected chi connectivity index (χ3v) is 4.76. The van der Waals surface area contributed by atoms with Crippen molar-refractivity contribution in [1.29, 1.82) is 0 Å². The molecule has 120 valence electrons. The molecule has 3 aromatic rings. The summed E-state index contributed by atoms with van der Waals surface area (Å²) in [6.07, 6.45) is 2.22. The van der Waals surface area contributed by atoms with E-state index in [1.807, 2.05) is 29.8 Å². The largest absolute Gasteiger partial charge is 0.365 e. The number of anilines is 1. The fourth-order valence-corrected chi connectivity index (χ4v) is 3.17. The molecule has 6 nitrogen and oxygen atoms in total. The zero-order valence-corrected chi connectivity index (χ0v) is 14.3. The monoisotopic (exact) mass is 349 g/mol. The highest BCUT2D eigenvalue weighted by Gasteiger charge is 2.11. The van der Waals surface area contributed by atoms with Gasteiger partial charge < -0.3 is 15.2 Å². The van der Waals surface area contributed by atoms with Crippen LogP contribution < -0.4 is 10.6 Å². The van der Waals surface area contributed by atoms with E-state index in [0.29, 0.717) is 22.9 Å². The Bertz CT molecular complexity index is 857. The SMILES string of the molecule is CNc1ncc(C(=O)NCCc2nc3cc(Cl)ccc3n2C)s1. The van der Waals surface area contributed by atoms with E-state index >= 15 is 0 Å². The summed E-state index contributed by atoms with van der Waals surface area (Å²) in [6.45, 7) is 0.510. The molecule has 0 atom stereocenters. The lowest BCUT2D eigenvalue weighted by molar-refractivity contribution is 0.0958. The molecule has 0 fully saturated rings. The van der Waals surface area contributed by atoms with Gasteiger partial charge in [-0.15, -0.1) is 0 Å². The number of nitrogens with zero attached hydrogens (tertiary/aromatic N) is 3. The molecular weight excluding hydrogens is 334 g/mol. The first-order chi connectivity index (χ1) is 11.1. The van der Waals surface area contributed by atoms with Gasteiger partial charge in [-0.3, -0.25) is 4.79 Å². The fraction of sp³-hybridized carbons (Fsp3) is 0.267. The van der Waals surface area contributed by atoms with Gasteiger partial charge in [0.2, 0.25) is 0 Å². The van der Waals surface area contributed by atoms with E-state index < -0.39 is 0 Å². The first-order valence-corrected chi connectivity index (χ1v) is 8.30. The maximum absolute atomic E-state index is 12.1. The van der Waals surface area contributed by atoms with Crippen molar-refractivity contribution < 1.29 is 4.79 Å². The topological polar surface area (TPSA) is 71.8 Å². The Labute approximate surface area is 142 Å². The minimum atomic E-state index is -0.120. The molecule has 0 radical (unpaired) electrons. The smallest absolute Gasteiger partial charge is 0.263 e. The normalized spacial score (nSPS) is 10.9. The second-order valence-electron chi connectivity index (χ2n) is 5.01. The van der Waals surface area contributed by atoms with Crippen LogP contribution in [-0.2, 0) is 13.5 Å². The molecule has 2 N–H and O–H groups in total. The van der Waals surface area contributed by atoms with Crippen molar-refractivity contribution >= 4 is 45.0 Å². The highest BCUT2D eigenvalue weighted by atomic mass is 35.5. The summed E-state index contributed by atoms with van der Waals surface area (Å²) >= 11 is 7.32. The first kappa shape index (κ1) is 15.8. The zero-order valence-electron chi connectivity index (χ0n) is 12.8. The number of hydrogen-bond acceptors (Lipinski definition) is 5. The lowest BCUT2D eigenvalue weighted by Gasteiger charge is -2.04. The Morgan fingerprint density at radius 1 is 1.43 bits per heavy atom. The van der Waals surface area contributed by atoms with Crippen LogP contribution >= 0.6 is 22.9 Å². The first-order valence-electron chi connectivity index (χ1n) is 7.11. The zero-order chi connectivity index (χ0) is 16.4. The third kappa shape index (κ3) is 3.30. The van der Waals surface area contributed by atoms with Gasteiger partial charge in [-0.25, -0.2) is 9.97 Å². The molecule has 0 bridgehead atoms. The quantitative estimate of drug-likeness (QED) is 0.743. The highest BCUT2D eigenvalue weighted by molar-refractivity contribution is 7.17. The van der Waals surface area contributed by atoms with E-state index in [-0.39, 0.29) is 5.91 Å². The summed E-state index contributed by atoms with van der Waals surface area (Å²) in [5.74, 6) is 0.786. The van der Waals surface area contributed by atoms with E-state index in [2.05, 4.69) is 20.6 Å². The summed E-state index contributed by atoms with van der Waals surface area (Å²) in [5, 5.41) is 7.20. The lowest BCUT2D eigenvalue weighted by atomic mass is 10.3. The summed E-state index contributed by atoms with van der Waals surface area (Å²) in [7, 11) is 3.74. The molecule has 1 aromatic carbocycles. The van der Waals surface area contributed by atoms with E-state index in [1.165, 1.54) is 11.3 Å². The predicted octanol–water partition coefficient (Wildman–Crippen LogP) is 2.70. The number of rotatable bonds is 5. The van der Waals surface area contributed by atoms with Gasteiger partial charge in [0.15, 0.2) is 5.13 Å². The number of aromatic nitrogens is 3.